The van der Waals surface area contributed by atoms with Crippen molar-refractivity contribution in [2.24, 2.45) is 0 Å². The maximum atomic E-state index is 12.9. The number of carbonyl (C=O) groups excluding carboxylic acids is 2. The number of nitrogens with zero attached hydrogens (tertiary/aromatic N) is 1. The molecule has 3 aromatic carbocycles. The summed E-state index contributed by atoms with van der Waals surface area (Å²) < 4.78 is 0. The van der Waals surface area contributed by atoms with E-state index in [1.807, 2.05) is 73.7 Å². The summed E-state index contributed by atoms with van der Waals surface area (Å²) in [6.07, 6.45) is 1.93. The molecule has 0 fully saturated rings. The van der Waals surface area contributed by atoms with Gasteiger partial charge in [-0.25, -0.2) is 0 Å². The van der Waals surface area contributed by atoms with Crippen LogP contribution >= 0.6 is 11.8 Å². The number of nitrogens with one attached hydrogen (secondary N) is 1. The zero-order chi connectivity index (χ0) is 21.1. The number of hydrogen-bond acceptors (Lipinski definition) is 3. The van der Waals surface area contributed by atoms with Gasteiger partial charge in [-0.15, -0.1) is 0 Å². The number of anilines is 1. The summed E-state index contributed by atoms with van der Waals surface area (Å²) in [5, 5.41) is 2.94. The van der Waals surface area contributed by atoms with E-state index in [2.05, 4.69) is 5.32 Å². The maximum absolute atomic E-state index is 12.9. The summed E-state index contributed by atoms with van der Waals surface area (Å²) in [4.78, 5) is 28.8. The van der Waals surface area contributed by atoms with Gasteiger partial charge in [0.1, 0.15) is 0 Å². The number of likely N-dealkylation sites (N-methyl/N-ethyl adjacent to an activating group) is 1. The molecule has 0 saturated carbocycles. The highest BCUT2D eigenvalue weighted by Crippen LogP contribution is 2.42. The van der Waals surface area contributed by atoms with Gasteiger partial charge in [-0.1, -0.05) is 66.4 Å². The molecule has 4 nitrogen and oxygen atoms in total. The minimum Gasteiger partial charge on any atom is -0.348 e. The van der Waals surface area contributed by atoms with Crippen LogP contribution in [-0.4, -0.2) is 18.9 Å². The van der Waals surface area contributed by atoms with Crippen molar-refractivity contribution in [3.05, 3.63) is 100.0 Å². The Labute approximate surface area is 180 Å². The smallest absolute Gasteiger partial charge is 0.264 e. The van der Waals surface area contributed by atoms with Crippen molar-refractivity contribution in [3.8, 4) is 0 Å². The lowest BCUT2D eigenvalue weighted by molar-refractivity contribution is -0.114. The Balaban J connectivity index is 1.55. The quantitative estimate of drug-likeness (QED) is 0.609. The molecule has 4 rings (SSSR count). The lowest BCUT2D eigenvalue weighted by Gasteiger charge is -2.27. The average molecular weight is 415 g/mol. The Bertz CT molecular complexity index is 1140. The second kappa shape index (κ2) is 8.59. The van der Waals surface area contributed by atoms with Crippen LogP contribution in [0, 0.1) is 6.92 Å². The summed E-state index contributed by atoms with van der Waals surface area (Å²) in [6, 6.07) is 23.3. The largest absolute Gasteiger partial charge is 0.348 e. The lowest BCUT2D eigenvalue weighted by Crippen LogP contribution is -2.31. The second-order valence-electron chi connectivity index (χ2n) is 7.18. The van der Waals surface area contributed by atoms with Gasteiger partial charge in [-0.3, -0.25) is 9.59 Å². The monoisotopic (exact) mass is 414 g/mol. The van der Waals surface area contributed by atoms with Crippen molar-refractivity contribution in [2.45, 2.75) is 18.4 Å². The fraction of sp³-hybridized carbons (Fsp3) is 0.120. The van der Waals surface area contributed by atoms with Crippen molar-refractivity contribution in [1.29, 1.82) is 0 Å². The fourth-order valence-corrected chi connectivity index (χ4v) is 4.39. The highest BCUT2D eigenvalue weighted by Gasteiger charge is 2.27. The zero-order valence-corrected chi connectivity index (χ0v) is 17.7. The van der Waals surface area contributed by atoms with Gasteiger partial charge in [-0.05, 0) is 47.9 Å². The zero-order valence-electron chi connectivity index (χ0n) is 16.9. The SMILES string of the molecule is Cc1ccccc1C=C1Sc2ccc(C(=O)NCc3ccccc3)cc2N(C)C1=O. The number of aryl methyl sites for hydroxylation is 1. The van der Waals surface area contributed by atoms with Gasteiger partial charge < -0.3 is 10.2 Å². The first-order valence-electron chi connectivity index (χ1n) is 9.72. The molecule has 1 N–H and O–H groups in total. The molecule has 0 atom stereocenters. The van der Waals surface area contributed by atoms with E-state index in [0.717, 1.165) is 27.3 Å². The van der Waals surface area contributed by atoms with Crippen LogP contribution < -0.4 is 10.2 Å². The van der Waals surface area contributed by atoms with Gasteiger partial charge in [0.2, 0.25) is 0 Å². The molecule has 0 aromatic heterocycles. The Morgan fingerprint density at radius 2 is 1.77 bits per heavy atom. The van der Waals surface area contributed by atoms with E-state index in [1.165, 1.54) is 11.8 Å². The van der Waals surface area contributed by atoms with Crippen molar-refractivity contribution in [3.63, 3.8) is 0 Å². The molecule has 3 aromatic rings. The molecule has 5 heteroatoms. The van der Waals surface area contributed by atoms with Crippen LogP contribution in [0.4, 0.5) is 5.69 Å². The van der Waals surface area contributed by atoms with Crippen LogP contribution in [0.15, 0.2) is 82.6 Å². The molecule has 1 heterocycles. The van der Waals surface area contributed by atoms with E-state index in [9.17, 15) is 9.59 Å². The number of hydrogen-bond donors (Lipinski definition) is 1. The molecular weight excluding hydrogens is 392 g/mol. The Hall–Kier alpha value is -3.31. The molecule has 0 spiro atoms. The van der Waals surface area contributed by atoms with Gasteiger partial charge in [0.15, 0.2) is 0 Å². The third-order valence-electron chi connectivity index (χ3n) is 5.09. The number of amides is 2. The van der Waals surface area contributed by atoms with Crippen LogP contribution in [0.1, 0.15) is 27.0 Å². The molecule has 0 unspecified atom stereocenters. The minimum absolute atomic E-state index is 0.0717. The molecule has 0 radical (unpaired) electrons. The molecule has 0 saturated heterocycles. The molecular formula is C25H22N2O2S. The number of benzene rings is 3. The first-order chi connectivity index (χ1) is 14.5. The summed E-state index contributed by atoms with van der Waals surface area (Å²) >= 11 is 1.44. The number of rotatable bonds is 4. The van der Waals surface area contributed by atoms with Crippen LogP contribution in [0.25, 0.3) is 6.08 Å². The number of thioether (sulfide) groups is 1. The third-order valence-corrected chi connectivity index (χ3v) is 6.17. The van der Waals surface area contributed by atoms with E-state index >= 15 is 0 Å². The molecule has 30 heavy (non-hydrogen) atoms. The summed E-state index contributed by atoms with van der Waals surface area (Å²) in [7, 11) is 1.75. The second-order valence-corrected chi connectivity index (χ2v) is 8.27. The van der Waals surface area contributed by atoms with Crippen molar-refractivity contribution in [1.82, 2.24) is 5.32 Å². The van der Waals surface area contributed by atoms with Crippen molar-refractivity contribution >= 4 is 35.3 Å². The lowest BCUT2D eigenvalue weighted by atomic mass is 10.1. The topological polar surface area (TPSA) is 49.4 Å². The first-order valence-corrected chi connectivity index (χ1v) is 10.5. The van der Waals surface area contributed by atoms with Gasteiger partial charge in [0.25, 0.3) is 11.8 Å². The Morgan fingerprint density at radius 1 is 1.03 bits per heavy atom. The predicted octanol–water partition coefficient (Wildman–Crippen LogP) is 5.03. The minimum atomic E-state index is -0.159. The number of fused-ring (bicyclic) bond motifs is 1. The Morgan fingerprint density at radius 3 is 2.53 bits per heavy atom. The molecule has 0 bridgehead atoms. The van der Waals surface area contributed by atoms with Gasteiger partial charge in [-0.2, -0.15) is 0 Å². The predicted molar refractivity (Wildman–Crippen MR) is 122 cm³/mol. The molecule has 1 aliphatic rings. The van der Waals surface area contributed by atoms with Crippen LogP contribution in [0.5, 0.6) is 0 Å². The highest BCUT2D eigenvalue weighted by molar-refractivity contribution is 8.04. The van der Waals surface area contributed by atoms with Gasteiger partial charge in [0, 0.05) is 24.1 Å². The van der Waals surface area contributed by atoms with Gasteiger partial charge >= 0.3 is 0 Å². The normalized spacial score (nSPS) is 14.5. The van der Waals surface area contributed by atoms with E-state index in [0.29, 0.717) is 17.0 Å². The van der Waals surface area contributed by atoms with Crippen molar-refractivity contribution < 1.29 is 9.59 Å². The first kappa shape index (κ1) is 20.0. The van der Waals surface area contributed by atoms with E-state index < -0.39 is 0 Å². The maximum Gasteiger partial charge on any atom is 0.264 e. The van der Waals surface area contributed by atoms with Crippen LogP contribution in [0.2, 0.25) is 0 Å². The van der Waals surface area contributed by atoms with Crippen LogP contribution in [-0.2, 0) is 11.3 Å². The third kappa shape index (κ3) is 4.16. The molecule has 0 aliphatic carbocycles. The van der Waals surface area contributed by atoms with E-state index in [1.54, 1.807) is 24.1 Å². The van der Waals surface area contributed by atoms with Crippen LogP contribution in [0.3, 0.4) is 0 Å². The fourth-order valence-electron chi connectivity index (χ4n) is 3.31. The van der Waals surface area contributed by atoms with E-state index in [-0.39, 0.29) is 11.8 Å². The summed E-state index contributed by atoms with van der Waals surface area (Å²) in [5.74, 6) is -0.230. The molecule has 150 valence electrons. The average Bonchev–Trinajstić information content (AvgIpc) is 2.77. The number of carbonyl (C=O) groups is 2. The highest BCUT2D eigenvalue weighted by atomic mass is 32.2. The summed E-state index contributed by atoms with van der Waals surface area (Å²) in [6.45, 7) is 2.49. The molecule has 1 aliphatic heterocycles. The van der Waals surface area contributed by atoms with E-state index in [4.69, 9.17) is 0 Å². The standard InChI is InChI=1S/C25H22N2O2S/c1-17-8-6-7-11-19(17)15-23-25(29)27(2)21-14-20(12-13-22(21)30-23)24(28)26-16-18-9-4-3-5-10-18/h3-15H,16H2,1-2H3,(H,26,28). The van der Waals surface area contributed by atoms with Gasteiger partial charge in [0.05, 0.1) is 10.6 Å². The summed E-state index contributed by atoms with van der Waals surface area (Å²) in [5.41, 5.74) is 4.48. The van der Waals surface area contributed by atoms with Crippen molar-refractivity contribution in [2.75, 3.05) is 11.9 Å². The molecule has 2 amide bonds. The Kier molecular flexibility index (Phi) is 5.72.